The molecule has 1 rings (SSSR count). The van der Waals surface area contributed by atoms with Crippen LogP contribution >= 0.6 is 0 Å². The molecule has 9 heavy (non-hydrogen) atoms. The first-order valence-corrected chi connectivity index (χ1v) is 2.94. The van der Waals surface area contributed by atoms with Crippen molar-refractivity contribution in [1.82, 2.24) is 4.98 Å². The summed E-state index contributed by atoms with van der Waals surface area (Å²) in [6.45, 7) is 3.02. The van der Waals surface area contributed by atoms with E-state index in [9.17, 15) is 0 Å². The van der Waals surface area contributed by atoms with Crippen LogP contribution in [0.1, 0.15) is 6.92 Å². The Kier molecular flexibility index (Phi) is 1.72. The Morgan fingerprint density at radius 1 is 1.78 bits per heavy atom. The maximum absolute atomic E-state index is 4.78. The lowest BCUT2D eigenvalue weighted by molar-refractivity contribution is 0.557. The quantitative estimate of drug-likeness (QED) is 0.594. The second kappa shape index (κ2) is 2.53. The molecule has 0 N–H and O–H groups in total. The van der Waals surface area contributed by atoms with Gasteiger partial charge >= 0.3 is 0 Å². The lowest BCUT2D eigenvalue weighted by Gasteiger charge is -2.10. The first-order chi connectivity index (χ1) is 4.34. The van der Waals surface area contributed by atoms with E-state index in [1.165, 1.54) is 6.39 Å². The minimum atomic E-state index is 0.887. The third-order valence-electron chi connectivity index (χ3n) is 1.28. The van der Waals surface area contributed by atoms with Gasteiger partial charge in [-0.1, -0.05) is 0 Å². The second-order valence-electron chi connectivity index (χ2n) is 1.86. The van der Waals surface area contributed by atoms with E-state index >= 15 is 0 Å². The molecule has 1 aromatic heterocycles. The van der Waals surface area contributed by atoms with Gasteiger partial charge in [-0.15, -0.1) is 0 Å². The van der Waals surface area contributed by atoms with Crippen LogP contribution in [-0.4, -0.2) is 18.6 Å². The van der Waals surface area contributed by atoms with Crippen LogP contribution in [0, 0.1) is 0 Å². The number of hydrogen-bond acceptors (Lipinski definition) is 3. The molecule has 0 aliphatic carbocycles. The van der Waals surface area contributed by atoms with Crippen LogP contribution in [0.15, 0.2) is 17.1 Å². The molecule has 0 aliphatic heterocycles. The van der Waals surface area contributed by atoms with Crippen LogP contribution in [0.25, 0.3) is 0 Å². The third kappa shape index (κ3) is 1.22. The predicted molar refractivity (Wildman–Crippen MR) is 35.4 cm³/mol. The molecule has 0 bridgehead atoms. The largest absolute Gasteiger partial charge is 0.449 e. The van der Waals surface area contributed by atoms with Gasteiger partial charge in [0.15, 0.2) is 12.2 Å². The monoisotopic (exact) mass is 126 g/mol. The number of rotatable bonds is 2. The molecule has 0 fully saturated rings. The molecule has 0 unspecified atom stereocenters. The van der Waals surface area contributed by atoms with E-state index in [-0.39, 0.29) is 0 Å². The van der Waals surface area contributed by atoms with Crippen molar-refractivity contribution in [3.8, 4) is 0 Å². The molecule has 0 radical (unpaired) electrons. The fourth-order valence-corrected chi connectivity index (χ4v) is 0.557. The molecule has 0 saturated carbocycles. The zero-order valence-electron chi connectivity index (χ0n) is 5.66. The Labute approximate surface area is 54.3 Å². The molecule has 1 aromatic rings. The van der Waals surface area contributed by atoms with E-state index in [0.29, 0.717) is 0 Å². The minimum absolute atomic E-state index is 0.887. The van der Waals surface area contributed by atoms with Gasteiger partial charge < -0.3 is 9.32 Å². The number of nitrogens with zero attached hydrogens (tertiary/aromatic N) is 2. The number of aromatic nitrogens is 1. The summed E-state index contributed by atoms with van der Waals surface area (Å²) in [6.07, 6.45) is 3.06. The highest BCUT2D eigenvalue weighted by Gasteiger charge is 1.97. The second-order valence-corrected chi connectivity index (χ2v) is 1.86. The number of oxazole rings is 1. The van der Waals surface area contributed by atoms with E-state index in [1.807, 2.05) is 11.9 Å². The Hall–Kier alpha value is -0.990. The van der Waals surface area contributed by atoms with Gasteiger partial charge in [0, 0.05) is 13.6 Å². The van der Waals surface area contributed by atoms with Gasteiger partial charge in [-0.05, 0) is 6.92 Å². The smallest absolute Gasteiger partial charge is 0.182 e. The first-order valence-electron chi connectivity index (χ1n) is 2.94. The molecule has 0 atom stereocenters. The van der Waals surface area contributed by atoms with Gasteiger partial charge in [0.2, 0.25) is 0 Å². The van der Waals surface area contributed by atoms with Crippen molar-refractivity contribution in [3.63, 3.8) is 0 Å². The summed E-state index contributed by atoms with van der Waals surface area (Å²) in [7, 11) is 1.97. The van der Waals surface area contributed by atoms with Crippen molar-refractivity contribution in [2.24, 2.45) is 0 Å². The molecule has 50 valence electrons. The Balaban J connectivity index is 2.65. The number of hydrogen-bond donors (Lipinski definition) is 0. The fourth-order valence-electron chi connectivity index (χ4n) is 0.557. The summed E-state index contributed by atoms with van der Waals surface area (Å²) in [4.78, 5) is 5.95. The molecule has 0 spiro atoms. The van der Waals surface area contributed by atoms with Gasteiger partial charge in [0.25, 0.3) is 0 Å². The van der Waals surface area contributed by atoms with Crippen LogP contribution < -0.4 is 4.90 Å². The lowest BCUT2D eigenvalue weighted by atomic mass is 10.6. The molecule has 0 aliphatic rings. The highest BCUT2D eigenvalue weighted by Crippen LogP contribution is 2.05. The molecular weight excluding hydrogens is 116 g/mol. The summed E-state index contributed by atoms with van der Waals surface area (Å²) in [5.74, 6) is 0.887. The van der Waals surface area contributed by atoms with Crippen LogP contribution in [-0.2, 0) is 0 Å². The molecule has 3 nitrogen and oxygen atoms in total. The summed E-state index contributed by atoms with van der Waals surface area (Å²) in [6, 6.07) is 0. The molecule has 0 saturated heterocycles. The lowest BCUT2D eigenvalue weighted by Crippen LogP contribution is -2.15. The van der Waals surface area contributed by atoms with Crippen molar-refractivity contribution in [3.05, 3.63) is 12.7 Å². The van der Waals surface area contributed by atoms with Gasteiger partial charge in [0.1, 0.15) is 6.26 Å². The summed E-state index contributed by atoms with van der Waals surface area (Å²) >= 11 is 0. The van der Waals surface area contributed by atoms with Gasteiger partial charge in [-0.2, -0.15) is 4.98 Å². The van der Waals surface area contributed by atoms with E-state index in [1.54, 1.807) is 6.26 Å². The fraction of sp³-hybridized carbons (Fsp3) is 0.500. The average Bonchev–Trinajstić information content (AvgIpc) is 2.37. The van der Waals surface area contributed by atoms with Gasteiger partial charge in [-0.3, -0.25) is 0 Å². The molecule has 0 amide bonds. The van der Waals surface area contributed by atoms with Crippen molar-refractivity contribution in [1.29, 1.82) is 0 Å². The zero-order chi connectivity index (χ0) is 6.69. The summed E-state index contributed by atoms with van der Waals surface area (Å²) in [5, 5.41) is 0. The Bertz CT molecular complexity index is 160. The summed E-state index contributed by atoms with van der Waals surface area (Å²) in [5.41, 5.74) is 0. The van der Waals surface area contributed by atoms with Gasteiger partial charge in [-0.25, -0.2) is 0 Å². The van der Waals surface area contributed by atoms with E-state index in [0.717, 1.165) is 12.4 Å². The van der Waals surface area contributed by atoms with Crippen LogP contribution in [0.5, 0.6) is 0 Å². The van der Waals surface area contributed by atoms with Crippen molar-refractivity contribution in [2.75, 3.05) is 18.5 Å². The van der Waals surface area contributed by atoms with Crippen molar-refractivity contribution < 1.29 is 4.42 Å². The Morgan fingerprint density at radius 3 is 3.00 bits per heavy atom. The SMILES string of the molecule is CCN(C)c1cocn1. The minimum Gasteiger partial charge on any atom is -0.449 e. The highest BCUT2D eigenvalue weighted by molar-refractivity contribution is 5.31. The topological polar surface area (TPSA) is 29.3 Å². The van der Waals surface area contributed by atoms with E-state index in [4.69, 9.17) is 4.42 Å². The van der Waals surface area contributed by atoms with E-state index in [2.05, 4.69) is 11.9 Å². The number of anilines is 1. The maximum atomic E-state index is 4.78. The molecule has 1 heterocycles. The first kappa shape index (κ1) is 6.13. The summed E-state index contributed by atoms with van der Waals surface area (Å²) < 4.78 is 4.78. The van der Waals surface area contributed by atoms with Crippen LogP contribution in [0.2, 0.25) is 0 Å². The highest BCUT2D eigenvalue weighted by atomic mass is 16.3. The Morgan fingerprint density at radius 2 is 2.56 bits per heavy atom. The molecular formula is C6H10N2O. The standard InChI is InChI=1S/C6H10N2O/c1-3-8(2)6-4-9-5-7-6/h4-5H,3H2,1-2H3. The van der Waals surface area contributed by atoms with Crippen LogP contribution in [0.3, 0.4) is 0 Å². The maximum Gasteiger partial charge on any atom is 0.182 e. The molecule has 3 heteroatoms. The van der Waals surface area contributed by atoms with Crippen LogP contribution in [0.4, 0.5) is 5.82 Å². The predicted octanol–water partition coefficient (Wildman–Crippen LogP) is 1.13. The van der Waals surface area contributed by atoms with E-state index < -0.39 is 0 Å². The molecule has 0 aromatic carbocycles. The van der Waals surface area contributed by atoms with Crippen molar-refractivity contribution >= 4 is 5.82 Å². The zero-order valence-corrected chi connectivity index (χ0v) is 5.66. The third-order valence-corrected chi connectivity index (χ3v) is 1.28. The normalized spacial score (nSPS) is 9.56. The average molecular weight is 126 g/mol. The van der Waals surface area contributed by atoms with Gasteiger partial charge in [0.05, 0.1) is 0 Å². The van der Waals surface area contributed by atoms with Crippen molar-refractivity contribution in [2.45, 2.75) is 6.92 Å².